The summed E-state index contributed by atoms with van der Waals surface area (Å²) in [7, 11) is 1.82. The van der Waals surface area contributed by atoms with Gasteiger partial charge in [0.05, 0.1) is 16.6 Å². The van der Waals surface area contributed by atoms with Gasteiger partial charge in [-0.3, -0.25) is 9.59 Å². The number of aromatic nitrogens is 3. The van der Waals surface area contributed by atoms with Crippen LogP contribution in [0.3, 0.4) is 0 Å². The Balaban J connectivity index is 1.49. The van der Waals surface area contributed by atoms with Gasteiger partial charge in [-0.15, -0.1) is 11.3 Å². The molecule has 0 spiro atoms. The summed E-state index contributed by atoms with van der Waals surface area (Å²) >= 11 is 1.42. The van der Waals surface area contributed by atoms with Crippen molar-refractivity contribution < 1.29 is 9.59 Å². The molecule has 0 bridgehead atoms. The van der Waals surface area contributed by atoms with E-state index < -0.39 is 6.04 Å². The van der Waals surface area contributed by atoms with E-state index >= 15 is 0 Å². The molecule has 2 atom stereocenters. The van der Waals surface area contributed by atoms with Crippen LogP contribution in [-0.4, -0.2) is 56.0 Å². The molecule has 2 unspecified atom stereocenters. The molecule has 0 saturated carbocycles. The molecule has 1 aromatic carbocycles. The summed E-state index contributed by atoms with van der Waals surface area (Å²) in [6, 6.07) is 11.1. The van der Waals surface area contributed by atoms with Crippen LogP contribution in [0.2, 0.25) is 0 Å². The second-order valence-electron chi connectivity index (χ2n) is 7.54. The normalized spacial score (nSPS) is 17.5. The molecule has 30 heavy (non-hydrogen) atoms. The largest absolute Gasteiger partial charge is 0.337 e. The van der Waals surface area contributed by atoms with E-state index in [2.05, 4.69) is 10.1 Å². The van der Waals surface area contributed by atoms with Crippen LogP contribution in [0.15, 0.2) is 54.4 Å². The molecule has 3 heterocycles. The average molecular weight is 424 g/mol. The Kier molecular flexibility index (Phi) is 5.94. The molecule has 1 aliphatic rings. The lowest BCUT2D eigenvalue weighted by atomic mass is 9.99. The van der Waals surface area contributed by atoms with Gasteiger partial charge < -0.3 is 9.80 Å². The van der Waals surface area contributed by atoms with Crippen LogP contribution in [0.1, 0.15) is 47.5 Å². The van der Waals surface area contributed by atoms with Crippen molar-refractivity contribution in [3.63, 3.8) is 0 Å². The number of amides is 2. The first-order valence-corrected chi connectivity index (χ1v) is 11.0. The van der Waals surface area contributed by atoms with Crippen molar-refractivity contribution in [3.8, 4) is 5.69 Å². The fourth-order valence-corrected chi connectivity index (χ4v) is 4.55. The lowest BCUT2D eigenvalue weighted by Crippen LogP contribution is -2.52. The van der Waals surface area contributed by atoms with Crippen LogP contribution in [0, 0.1) is 0 Å². The Morgan fingerprint density at radius 1 is 1.20 bits per heavy atom. The number of hydrogen-bond acceptors (Lipinski definition) is 5. The molecule has 1 aliphatic heterocycles. The maximum absolute atomic E-state index is 13.4. The van der Waals surface area contributed by atoms with Gasteiger partial charge in [-0.2, -0.15) is 5.10 Å². The van der Waals surface area contributed by atoms with E-state index in [1.165, 1.54) is 17.7 Å². The highest BCUT2D eigenvalue weighted by atomic mass is 32.1. The lowest BCUT2D eigenvalue weighted by Gasteiger charge is -2.38. The smallest absolute Gasteiger partial charge is 0.264 e. The SMILES string of the molecule is CC(c1ccc(-n2cncn2)cc1)N(C)C(=O)C1CCCCN1C(=O)c1cccs1. The number of rotatable bonds is 5. The fraction of sp³-hybridized carbons (Fsp3) is 0.364. The third kappa shape index (κ3) is 4.00. The average Bonchev–Trinajstić information content (AvgIpc) is 3.52. The van der Waals surface area contributed by atoms with Gasteiger partial charge in [-0.05, 0) is 55.3 Å². The third-order valence-corrected chi connectivity index (χ3v) is 6.63. The summed E-state index contributed by atoms with van der Waals surface area (Å²) in [5, 5.41) is 6.03. The van der Waals surface area contributed by atoms with E-state index in [1.54, 1.807) is 20.8 Å². The van der Waals surface area contributed by atoms with Crippen molar-refractivity contribution in [1.82, 2.24) is 24.6 Å². The molecule has 2 aromatic heterocycles. The number of hydrogen-bond donors (Lipinski definition) is 0. The monoisotopic (exact) mass is 423 g/mol. The van der Waals surface area contributed by atoms with E-state index in [4.69, 9.17) is 0 Å². The first-order valence-electron chi connectivity index (χ1n) is 10.1. The Morgan fingerprint density at radius 2 is 2.00 bits per heavy atom. The van der Waals surface area contributed by atoms with Crippen molar-refractivity contribution in [2.45, 2.75) is 38.3 Å². The minimum absolute atomic E-state index is 0.00698. The molecule has 0 aliphatic carbocycles. The first kappa shape index (κ1) is 20.3. The van der Waals surface area contributed by atoms with Crippen molar-refractivity contribution in [2.24, 2.45) is 0 Å². The highest BCUT2D eigenvalue weighted by Gasteiger charge is 2.35. The number of piperidine rings is 1. The van der Waals surface area contributed by atoms with E-state index in [1.807, 2.05) is 55.7 Å². The van der Waals surface area contributed by atoms with Crippen LogP contribution in [0.4, 0.5) is 0 Å². The van der Waals surface area contributed by atoms with Gasteiger partial charge in [0.15, 0.2) is 0 Å². The summed E-state index contributed by atoms with van der Waals surface area (Å²) in [5.74, 6) is -0.0475. The number of carbonyl (C=O) groups excluding carboxylic acids is 2. The first-order chi connectivity index (χ1) is 14.6. The van der Waals surface area contributed by atoms with Crippen molar-refractivity contribution in [3.05, 3.63) is 64.9 Å². The zero-order valence-electron chi connectivity index (χ0n) is 17.1. The fourth-order valence-electron chi connectivity index (χ4n) is 3.87. The van der Waals surface area contributed by atoms with Crippen molar-refractivity contribution >= 4 is 23.2 Å². The highest BCUT2D eigenvalue weighted by Crippen LogP contribution is 2.26. The molecule has 0 radical (unpaired) electrons. The van der Waals surface area contributed by atoms with Crippen LogP contribution in [-0.2, 0) is 4.79 Å². The summed E-state index contributed by atoms with van der Waals surface area (Å²) in [4.78, 5) is 34.5. The summed E-state index contributed by atoms with van der Waals surface area (Å²) in [6.07, 6.45) is 5.74. The lowest BCUT2D eigenvalue weighted by molar-refractivity contribution is -0.137. The summed E-state index contributed by atoms with van der Waals surface area (Å²) in [6.45, 7) is 2.64. The van der Waals surface area contributed by atoms with Gasteiger partial charge in [-0.25, -0.2) is 9.67 Å². The zero-order chi connectivity index (χ0) is 21.1. The highest BCUT2D eigenvalue weighted by molar-refractivity contribution is 7.12. The van der Waals surface area contributed by atoms with Crippen molar-refractivity contribution in [2.75, 3.05) is 13.6 Å². The maximum Gasteiger partial charge on any atom is 0.264 e. The van der Waals surface area contributed by atoms with Crippen LogP contribution >= 0.6 is 11.3 Å². The van der Waals surface area contributed by atoms with Crippen LogP contribution in [0.25, 0.3) is 5.69 Å². The zero-order valence-corrected chi connectivity index (χ0v) is 18.0. The maximum atomic E-state index is 13.4. The Bertz CT molecular complexity index is 985. The molecule has 4 rings (SSSR count). The van der Waals surface area contributed by atoms with Gasteiger partial charge in [0, 0.05) is 13.6 Å². The van der Waals surface area contributed by atoms with Gasteiger partial charge in [0.25, 0.3) is 5.91 Å². The van der Waals surface area contributed by atoms with Gasteiger partial charge in [0.2, 0.25) is 5.91 Å². The summed E-state index contributed by atoms with van der Waals surface area (Å²) < 4.78 is 1.69. The number of carbonyl (C=O) groups is 2. The van der Waals surface area contributed by atoms with Crippen LogP contribution < -0.4 is 0 Å². The van der Waals surface area contributed by atoms with E-state index in [-0.39, 0.29) is 17.9 Å². The number of likely N-dealkylation sites (N-methyl/N-ethyl adjacent to an activating group) is 1. The van der Waals surface area contributed by atoms with Gasteiger partial charge in [0.1, 0.15) is 18.7 Å². The molecule has 1 fully saturated rings. The second-order valence-corrected chi connectivity index (χ2v) is 8.49. The predicted octanol–water partition coefficient (Wildman–Crippen LogP) is 3.54. The molecule has 3 aromatic rings. The Hall–Kier alpha value is -3.00. The number of benzene rings is 1. The molecule has 8 heteroatoms. The molecular weight excluding hydrogens is 398 g/mol. The van der Waals surface area contributed by atoms with E-state index in [0.29, 0.717) is 17.8 Å². The van der Waals surface area contributed by atoms with Crippen molar-refractivity contribution in [1.29, 1.82) is 0 Å². The topological polar surface area (TPSA) is 71.3 Å². The molecule has 1 saturated heterocycles. The Labute approximate surface area is 179 Å². The van der Waals surface area contributed by atoms with Gasteiger partial charge >= 0.3 is 0 Å². The number of likely N-dealkylation sites (tertiary alicyclic amines) is 1. The van der Waals surface area contributed by atoms with Gasteiger partial charge in [-0.1, -0.05) is 18.2 Å². The third-order valence-electron chi connectivity index (χ3n) is 5.77. The van der Waals surface area contributed by atoms with E-state index in [0.717, 1.165) is 24.1 Å². The molecular formula is C22H25N5O2S. The number of nitrogens with zero attached hydrogens (tertiary/aromatic N) is 5. The van der Waals surface area contributed by atoms with E-state index in [9.17, 15) is 9.59 Å². The quantitative estimate of drug-likeness (QED) is 0.629. The Morgan fingerprint density at radius 3 is 2.67 bits per heavy atom. The standard InChI is InChI=1S/C22H25N5O2S/c1-16(17-8-10-18(11-9-17)27-15-23-14-24-27)25(2)21(28)19-6-3-4-12-26(19)22(29)20-7-5-13-30-20/h5,7-11,13-16,19H,3-4,6,12H2,1-2H3. The molecule has 156 valence electrons. The summed E-state index contributed by atoms with van der Waals surface area (Å²) in [5.41, 5.74) is 1.94. The molecule has 7 nitrogen and oxygen atoms in total. The molecule has 0 N–H and O–H groups in total. The minimum Gasteiger partial charge on any atom is -0.337 e. The van der Waals surface area contributed by atoms with Crippen LogP contribution in [0.5, 0.6) is 0 Å². The minimum atomic E-state index is -0.407. The molecule has 2 amide bonds. The predicted molar refractivity (Wildman–Crippen MR) is 116 cm³/mol. The second kappa shape index (κ2) is 8.79. The number of thiophene rings is 1.